The van der Waals surface area contributed by atoms with Crippen molar-refractivity contribution in [1.82, 2.24) is 4.98 Å². The van der Waals surface area contributed by atoms with Crippen LogP contribution in [0.4, 0.5) is 16.2 Å². The van der Waals surface area contributed by atoms with Crippen LogP contribution in [0.3, 0.4) is 0 Å². The fraction of sp³-hybridized carbons (Fsp3) is 0.100. The summed E-state index contributed by atoms with van der Waals surface area (Å²) in [6, 6.07) is 14.6. The van der Waals surface area contributed by atoms with Crippen molar-refractivity contribution in [3.8, 4) is 5.75 Å². The second kappa shape index (κ2) is 8.38. The van der Waals surface area contributed by atoms with Crippen molar-refractivity contribution >= 4 is 39.9 Å². The van der Waals surface area contributed by atoms with Crippen molar-refractivity contribution in [2.24, 2.45) is 0 Å². The zero-order valence-electron chi connectivity index (χ0n) is 16.2. The van der Waals surface area contributed by atoms with E-state index < -0.39 is 28.8 Å². The van der Waals surface area contributed by atoms with E-state index in [0.29, 0.717) is 16.8 Å². The van der Waals surface area contributed by atoms with E-state index in [-0.39, 0.29) is 23.0 Å². The van der Waals surface area contributed by atoms with Crippen LogP contribution in [-0.2, 0) is 26.9 Å². The molecule has 2 heterocycles. The van der Waals surface area contributed by atoms with Crippen LogP contribution in [0, 0.1) is 0 Å². The average molecular weight is 439 g/mol. The molecule has 1 aliphatic rings. The number of carbonyl (C=O) groups is 1. The van der Waals surface area contributed by atoms with Crippen molar-refractivity contribution in [3.63, 3.8) is 0 Å². The molecule has 0 saturated carbocycles. The summed E-state index contributed by atoms with van der Waals surface area (Å²) in [6.07, 6.45) is 0.314. The highest BCUT2D eigenvalue weighted by Crippen LogP contribution is 2.25. The number of amides is 1. The minimum atomic E-state index is -3.97. The molecule has 9 nitrogen and oxygen atoms in total. The highest BCUT2D eigenvalue weighted by Gasteiger charge is 2.29. The van der Waals surface area contributed by atoms with Crippen LogP contribution in [0.5, 0.6) is 5.75 Å². The van der Waals surface area contributed by atoms with Crippen LogP contribution in [0.1, 0.15) is 11.1 Å². The van der Waals surface area contributed by atoms with E-state index >= 15 is 0 Å². The predicted octanol–water partition coefficient (Wildman–Crippen LogP) is 1.47. The number of nitrogens with zero attached hydrogens (tertiary/aromatic N) is 1. The number of para-hydroxylation sites is 1. The second-order valence-electron chi connectivity index (χ2n) is 6.90. The molecule has 1 amide bonds. The summed E-state index contributed by atoms with van der Waals surface area (Å²) < 4.78 is 36.4. The molecule has 0 spiro atoms. The van der Waals surface area contributed by atoms with Gasteiger partial charge in [-0.15, -0.1) is 0 Å². The Bertz CT molecular complexity index is 1240. The second-order valence-corrected chi connectivity index (χ2v) is 8.81. The van der Waals surface area contributed by atoms with E-state index in [9.17, 15) is 18.2 Å². The summed E-state index contributed by atoms with van der Waals surface area (Å²) in [4.78, 5) is 16.2. The standard InChI is InChI=1S/C20H18BN3O6S/c22-15-9-18(24-20(25)30-16-4-2-1-3-5-16)19(23-10-15)31(27,28)12-13-6-7-14-11-29-21(26)17(14)8-13/h1-10,26H,11-12,22H2,(H,24,25). The zero-order valence-corrected chi connectivity index (χ0v) is 17.0. The van der Waals surface area contributed by atoms with Gasteiger partial charge in [0.15, 0.2) is 5.03 Å². The molecule has 4 N–H and O–H groups in total. The number of nitrogen functional groups attached to an aromatic ring is 1. The number of ether oxygens (including phenoxy) is 1. The van der Waals surface area contributed by atoms with Gasteiger partial charge in [0.05, 0.1) is 29.9 Å². The molecule has 3 aromatic rings. The van der Waals surface area contributed by atoms with Gasteiger partial charge in [-0.2, -0.15) is 0 Å². The lowest BCUT2D eigenvalue weighted by Gasteiger charge is -2.12. The maximum absolute atomic E-state index is 13.1. The molecule has 0 radical (unpaired) electrons. The molecule has 4 rings (SSSR count). The van der Waals surface area contributed by atoms with E-state index in [1.54, 1.807) is 48.5 Å². The first-order valence-corrected chi connectivity index (χ1v) is 10.9. The highest BCUT2D eigenvalue weighted by molar-refractivity contribution is 7.90. The monoisotopic (exact) mass is 439 g/mol. The fourth-order valence-electron chi connectivity index (χ4n) is 3.18. The van der Waals surface area contributed by atoms with E-state index in [1.807, 2.05) is 0 Å². The summed E-state index contributed by atoms with van der Waals surface area (Å²) in [5.41, 5.74) is 7.59. The quantitative estimate of drug-likeness (QED) is 0.508. The normalized spacial score (nSPS) is 13.0. The van der Waals surface area contributed by atoms with Gasteiger partial charge in [0.1, 0.15) is 5.75 Å². The van der Waals surface area contributed by atoms with Gasteiger partial charge < -0.3 is 20.1 Å². The molecule has 1 aliphatic heterocycles. The van der Waals surface area contributed by atoms with Crippen LogP contribution < -0.4 is 21.3 Å². The third-order valence-corrected chi connectivity index (χ3v) is 6.21. The van der Waals surface area contributed by atoms with Crippen LogP contribution >= 0.6 is 0 Å². The van der Waals surface area contributed by atoms with Gasteiger partial charge in [-0.1, -0.05) is 36.4 Å². The van der Waals surface area contributed by atoms with Crippen molar-refractivity contribution in [3.05, 3.63) is 71.9 Å². The Kier molecular flexibility index (Phi) is 5.64. The van der Waals surface area contributed by atoms with E-state index in [2.05, 4.69) is 10.3 Å². The lowest BCUT2D eigenvalue weighted by Crippen LogP contribution is -2.28. The summed E-state index contributed by atoms with van der Waals surface area (Å²) >= 11 is 0. The SMILES string of the molecule is Nc1cnc(S(=O)(=O)Cc2ccc3c(c2)B(O)OC3)c(NC(=O)Oc2ccccc2)c1. The van der Waals surface area contributed by atoms with Gasteiger partial charge in [-0.05, 0) is 34.8 Å². The molecule has 0 saturated heterocycles. The van der Waals surface area contributed by atoms with E-state index in [0.717, 1.165) is 5.56 Å². The topological polar surface area (TPSA) is 141 Å². The molecule has 0 fully saturated rings. The molecule has 0 unspecified atom stereocenters. The summed E-state index contributed by atoms with van der Waals surface area (Å²) in [5.74, 6) is -0.105. The Labute approximate surface area is 178 Å². The number of carbonyl (C=O) groups excluding carboxylic acids is 1. The number of nitrogens with one attached hydrogen (secondary N) is 1. The maximum atomic E-state index is 13.1. The van der Waals surface area contributed by atoms with Gasteiger partial charge in [-0.25, -0.2) is 18.2 Å². The fourth-order valence-corrected chi connectivity index (χ4v) is 4.59. The number of pyridine rings is 1. The first kappa shape index (κ1) is 20.9. The minimum Gasteiger partial charge on any atom is -0.423 e. The Morgan fingerprint density at radius 2 is 2.00 bits per heavy atom. The number of anilines is 2. The third-order valence-electron chi connectivity index (χ3n) is 4.59. The number of rotatable bonds is 5. The van der Waals surface area contributed by atoms with Crippen LogP contribution in [-0.4, -0.2) is 31.6 Å². The van der Waals surface area contributed by atoms with Crippen molar-refractivity contribution in [2.45, 2.75) is 17.4 Å². The van der Waals surface area contributed by atoms with E-state index in [1.165, 1.54) is 12.3 Å². The lowest BCUT2D eigenvalue weighted by atomic mass is 9.79. The number of benzene rings is 2. The average Bonchev–Trinajstić information content (AvgIpc) is 3.08. The van der Waals surface area contributed by atoms with Gasteiger partial charge in [0, 0.05) is 0 Å². The molecule has 2 aromatic carbocycles. The molecule has 1 aromatic heterocycles. The summed E-state index contributed by atoms with van der Waals surface area (Å²) in [5, 5.41) is 11.9. The third kappa shape index (κ3) is 4.69. The summed E-state index contributed by atoms with van der Waals surface area (Å²) in [7, 11) is -5.06. The lowest BCUT2D eigenvalue weighted by molar-refractivity contribution is 0.215. The predicted molar refractivity (Wildman–Crippen MR) is 114 cm³/mol. The number of fused-ring (bicyclic) bond motifs is 1. The Morgan fingerprint density at radius 3 is 2.77 bits per heavy atom. The number of aromatic nitrogens is 1. The number of hydrogen-bond acceptors (Lipinski definition) is 8. The number of nitrogens with two attached hydrogens (primary N) is 1. The molecule has 0 aliphatic carbocycles. The van der Waals surface area contributed by atoms with Crippen molar-refractivity contribution in [2.75, 3.05) is 11.1 Å². The van der Waals surface area contributed by atoms with Gasteiger partial charge in [0.25, 0.3) is 0 Å². The Hall–Kier alpha value is -3.41. The molecule has 0 bridgehead atoms. The van der Waals surface area contributed by atoms with Crippen LogP contribution in [0.2, 0.25) is 0 Å². The smallest absolute Gasteiger partial charge is 0.423 e. The maximum Gasteiger partial charge on any atom is 0.491 e. The highest BCUT2D eigenvalue weighted by atomic mass is 32.2. The van der Waals surface area contributed by atoms with Gasteiger partial charge in [-0.3, -0.25) is 5.32 Å². The van der Waals surface area contributed by atoms with Gasteiger partial charge >= 0.3 is 13.2 Å². The first-order chi connectivity index (χ1) is 14.8. The Morgan fingerprint density at radius 1 is 1.23 bits per heavy atom. The largest absolute Gasteiger partial charge is 0.491 e. The molecule has 158 valence electrons. The molecule has 31 heavy (non-hydrogen) atoms. The van der Waals surface area contributed by atoms with Crippen LogP contribution in [0.25, 0.3) is 0 Å². The minimum absolute atomic E-state index is 0.0922. The van der Waals surface area contributed by atoms with Crippen molar-refractivity contribution < 1.29 is 27.6 Å². The zero-order chi connectivity index (χ0) is 22.0. The number of hydrogen-bond donors (Lipinski definition) is 3. The molecule has 0 atom stereocenters. The molecular formula is C20H18BN3O6S. The first-order valence-electron chi connectivity index (χ1n) is 9.25. The molecular weight excluding hydrogens is 421 g/mol. The summed E-state index contributed by atoms with van der Waals surface area (Å²) in [6.45, 7) is 0.265. The van der Waals surface area contributed by atoms with Gasteiger partial charge in [0.2, 0.25) is 9.84 Å². The number of sulfone groups is 1. The van der Waals surface area contributed by atoms with Crippen molar-refractivity contribution in [1.29, 1.82) is 0 Å². The molecule has 11 heteroatoms. The van der Waals surface area contributed by atoms with Crippen LogP contribution in [0.15, 0.2) is 65.8 Å². The van der Waals surface area contributed by atoms with E-state index in [4.69, 9.17) is 15.1 Å². The Balaban J connectivity index is 1.58.